The third-order valence-electron chi connectivity index (χ3n) is 2.31. The summed E-state index contributed by atoms with van der Waals surface area (Å²) in [6.07, 6.45) is 1.10. The second-order valence-electron chi connectivity index (χ2n) is 3.63. The lowest BCUT2D eigenvalue weighted by atomic mass is 10.3. The molecule has 0 N–H and O–H groups in total. The van der Waals surface area contributed by atoms with Gasteiger partial charge in [0.25, 0.3) is 0 Å². The van der Waals surface area contributed by atoms with E-state index in [2.05, 4.69) is 0 Å². The van der Waals surface area contributed by atoms with E-state index >= 15 is 0 Å². The molecule has 0 saturated carbocycles. The predicted octanol–water partition coefficient (Wildman–Crippen LogP) is 2.06. The molecule has 0 aromatic heterocycles. The molecule has 1 heterocycles. The number of amides is 2. The van der Waals surface area contributed by atoms with Gasteiger partial charge in [-0.25, -0.2) is 4.79 Å². The lowest BCUT2D eigenvalue weighted by Gasteiger charge is -2.30. The molecular weight excluding hydrogens is 188 g/mol. The molecule has 1 saturated heterocycles. The number of carbonyl (C=O) groups is 1. The van der Waals surface area contributed by atoms with Crippen molar-refractivity contribution in [3.8, 4) is 0 Å². The Morgan fingerprint density at radius 1 is 0.867 bits per heavy atom. The molecule has 1 fully saturated rings. The molecule has 2 amide bonds. The van der Waals surface area contributed by atoms with Gasteiger partial charge < -0.3 is 9.80 Å². The van der Waals surface area contributed by atoms with Crippen LogP contribution in [0.2, 0.25) is 0 Å². The summed E-state index contributed by atoms with van der Waals surface area (Å²) in [6, 6.07) is 12.1. The molecule has 1 aromatic carbocycles. The monoisotopic (exact) mass is 206 g/mol. The van der Waals surface area contributed by atoms with E-state index in [0.29, 0.717) is 0 Å². The highest BCUT2D eigenvalue weighted by atomic mass is 16.2. The van der Waals surface area contributed by atoms with Gasteiger partial charge in [0.15, 0.2) is 0 Å². The zero-order valence-corrected chi connectivity index (χ0v) is 9.39. The average molecular weight is 206 g/mol. The minimum absolute atomic E-state index is 0.140. The summed E-state index contributed by atoms with van der Waals surface area (Å²) in [6.45, 7) is 1.81. The van der Waals surface area contributed by atoms with E-state index in [1.165, 1.54) is 0 Å². The van der Waals surface area contributed by atoms with Crippen molar-refractivity contribution in [2.24, 2.45) is 0 Å². The van der Waals surface area contributed by atoms with Gasteiger partial charge in [-0.05, 0) is 6.42 Å². The highest BCUT2D eigenvalue weighted by molar-refractivity contribution is 5.74. The molecule has 0 aliphatic carbocycles. The van der Waals surface area contributed by atoms with Crippen LogP contribution in [0.4, 0.5) is 4.79 Å². The Hall–Kier alpha value is -1.51. The van der Waals surface area contributed by atoms with Crippen LogP contribution in [0.3, 0.4) is 0 Å². The van der Waals surface area contributed by atoms with Crippen LogP contribution >= 0.6 is 0 Å². The first-order valence-corrected chi connectivity index (χ1v) is 5.18. The van der Waals surface area contributed by atoms with Crippen molar-refractivity contribution in [2.45, 2.75) is 6.42 Å². The van der Waals surface area contributed by atoms with Crippen LogP contribution in [0, 0.1) is 0 Å². The molecule has 1 aromatic rings. The zero-order chi connectivity index (χ0) is 11.1. The number of hydrogen-bond donors (Lipinski definition) is 0. The summed E-state index contributed by atoms with van der Waals surface area (Å²) >= 11 is 0. The molecular formula is C12H18N2O. The molecule has 2 rings (SSSR count). The molecule has 3 nitrogen and oxygen atoms in total. The van der Waals surface area contributed by atoms with Gasteiger partial charge in [-0.2, -0.15) is 0 Å². The number of urea groups is 1. The van der Waals surface area contributed by atoms with E-state index in [1.54, 1.807) is 9.80 Å². The molecule has 0 unspecified atom stereocenters. The van der Waals surface area contributed by atoms with Gasteiger partial charge in [0.05, 0.1) is 0 Å². The maximum absolute atomic E-state index is 11.0. The van der Waals surface area contributed by atoms with Crippen LogP contribution in [0.5, 0.6) is 0 Å². The van der Waals surface area contributed by atoms with Gasteiger partial charge >= 0.3 is 6.03 Å². The van der Waals surface area contributed by atoms with Gasteiger partial charge in [-0.3, -0.25) is 0 Å². The fourth-order valence-electron chi connectivity index (χ4n) is 1.41. The van der Waals surface area contributed by atoms with Crippen LogP contribution in [0.15, 0.2) is 36.4 Å². The van der Waals surface area contributed by atoms with Gasteiger partial charge in [0.1, 0.15) is 0 Å². The second-order valence-corrected chi connectivity index (χ2v) is 3.63. The van der Waals surface area contributed by atoms with Crippen molar-refractivity contribution in [2.75, 3.05) is 27.2 Å². The van der Waals surface area contributed by atoms with Gasteiger partial charge in [-0.1, -0.05) is 36.4 Å². The maximum Gasteiger partial charge on any atom is 0.319 e. The Morgan fingerprint density at radius 2 is 1.20 bits per heavy atom. The lowest BCUT2D eigenvalue weighted by Crippen LogP contribution is -2.44. The first kappa shape index (κ1) is 11.6. The average Bonchev–Trinajstić information content (AvgIpc) is 2.29. The van der Waals surface area contributed by atoms with E-state index in [9.17, 15) is 4.79 Å². The van der Waals surface area contributed by atoms with E-state index < -0.39 is 0 Å². The van der Waals surface area contributed by atoms with E-state index in [0.717, 1.165) is 19.5 Å². The first-order chi connectivity index (χ1) is 7.22. The summed E-state index contributed by atoms with van der Waals surface area (Å²) in [5.74, 6) is 0. The summed E-state index contributed by atoms with van der Waals surface area (Å²) in [7, 11) is 3.66. The molecule has 0 radical (unpaired) electrons. The molecule has 1 aliphatic rings. The summed E-state index contributed by atoms with van der Waals surface area (Å²) in [5.41, 5.74) is 0. The maximum atomic E-state index is 11.0. The minimum Gasteiger partial charge on any atom is -0.328 e. The molecule has 3 heteroatoms. The molecule has 1 aliphatic heterocycles. The van der Waals surface area contributed by atoms with E-state index in [4.69, 9.17) is 0 Å². The summed E-state index contributed by atoms with van der Waals surface area (Å²) in [4.78, 5) is 14.5. The molecule has 15 heavy (non-hydrogen) atoms. The lowest BCUT2D eigenvalue weighted by molar-refractivity contribution is 0.153. The number of nitrogens with zero attached hydrogens (tertiary/aromatic N) is 2. The van der Waals surface area contributed by atoms with Crippen molar-refractivity contribution in [3.05, 3.63) is 36.4 Å². The molecule has 0 bridgehead atoms. The Kier molecular flexibility index (Phi) is 4.68. The normalized spacial score (nSPS) is 15.7. The van der Waals surface area contributed by atoms with E-state index in [1.807, 2.05) is 50.5 Å². The highest BCUT2D eigenvalue weighted by Crippen LogP contribution is 2.02. The minimum atomic E-state index is 0.140. The molecule has 0 atom stereocenters. The smallest absolute Gasteiger partial charge is 0.319 e. The third-order valence-corrected chi connectivity index (χ3v) is 2.31. The standard InChI is InChI=1S/C6H12N2O.C6H6/c1-7-4-3-5-8(2)6(7)9;1-2-4-6-5-3-1/h3-5H2,1-2H3;1-6H. The molecule has 0 spiro atoms. The van der Waals surface area contributed by atoms with Gasteiger partial charge in [0.2, 0.25) is 0 Å². The Balaban J connectivity index is 0.000000162. The fraction of sp³-hybridized carbons (Fsp3) is 0.417. The highest BCUT2D eigenvalue weighted by Gasteiger charge is 2.17. The first-order valence-electron chi connectivity index (χ1n) is 5.18. The Labute approximate surface area is 91.3 Å². The van der Waals surface area contributed by atoms with Crippen LogP contribution in [0.1, 0.15) is 6.42 Å². The van der Waals surface area contributed by atoms with Crippen molar-refractivity contribution < 1.29 is 4.79 Å². The van der Waals surface area contributed by atoms with Crippen molar-refractivity contribution >= 4 is 6.03 Å². The quantitative estimate of drug-likeness (QED) is 0.637. The second kappa shape index (κ2) is 6.06. The number of carbonyl (C=O) groups excluding carboxylic acids is 1. The SMILES string of the molecule is CN1CCCN(C)C1=O.c1ccccc1. The largest absolute Gasteiger partial charge is 0.328 e. The van der Waals surface area contributed by atoms with Crippen LogP contribution in [-0.4, -0.2) is 43.0 Å². The van der Waals surface area contributed by atoms with Crippen LogP contribution in [-0.2, 0) is 0 Å². The topological polar surface area (TPSA) is 23.6 Å². The molecule has 82 valence electrons. The number of hydrogen-bond acceptors (Lipinski definition) is 1. The van der Waals surface area contributed by atoms with E-state index in [-0.39, 0.29) is 6.03 Å². The summed E-state index contributed by atoms with van der Waals surface area (Å²) < 4.78 is 0. The van der Waals surface area contributed by atoms with Crippen molar-refractivity contribution in [1.29, 1.82) is 0 Å². The van der Waals surface area contributed by atoms with Gasteiger partial charge in [-0.15, -0.1) is 0 Å². The summed E-state index contributed by atoms with van der Waals surface area (Å²) in [5, 5.41) is 0. The Bertz CT molecular complexity index is 248. The Morgan fingerprint density at radius 3 is 1.47 bits per heavy atom. The van der Waals surface area contributed by atoms with Crippen molar-refractivity contribution in [3.63, 3.8) is 0 Å². The third kappa shape index (κ3) is 4.02. The van der Waals surface area contributed by atoms with Gasteiger partial charge in [0, 0.05) is 27.2 Å². The fourth-order valence-corrected chi connectivity index (χ4v) is 1.41. The van der Waals surface area contributed by atoms with Crippen LogP contribution in [0.25, 0.3) is 0 Å². The number of benzene rings is 1. The zero-order valence-electron chi connectivity index (χ0n) is 9.39. The van der Waals surface area contributed by atoms with Crippen molar-refractivity contribution in [1.82, 2.24) is 9.80 Å². The van der Waals surface area contributed by atoms with Crippen LogP contribution < -0.4 is 0 Å². The number of rotatable bonds is 0. The predicted molar refractivity (Wildman–Crippen MR) is 61.7 cm³/mol.